The molecule has 21 heavy (non-hydrogen) atoms. The summed E-state index contributed by atoms with van der Waals surface area (Å²) in [5.74, 6) is 0.734. The smallest absolute Gasteiger partial charge is 0.269 e. The van der Waals surface area contributed by atoms with Gasteiger partial charge in [-0.1, -0.05) is 42.6 Å². The van der Waals surface area contributed by atoms with E-state index in [2.05, 4.69) is 29.8 Å². The number of hydrogen-bond donors (Lipinski definition) is 0. The molecule has 0 bridgehead atoms. The van der Waals surface area contributed by atoms with Gasteiger partial charge in [0.1, 0.15) is 5.75 Å². The second kappa shape index (κ2) is 8.37. The van der Waals surface area contributed by atoms with Crippen molar-refractivity contribution in [1.82, 2.24) is 0 Å². The third-order valence-corrected chi connectivity index (χ3v) is 4.94. The molecule has 0 radical (unpaired) electrons. The zero-order valence-electron chi connectivity index (χ0n) is 13.0. The number of nitro groups is 1. The molecule has 0 fully saturated rings. The maximum atomic E-state index is 10.8. The molecule has 0 aliphatic heterocycles. The number of aryl methyl sites for hydroxylation is 1. The highest BCUT2D eigenvalue weighted by molar-refractivity contribution is 9.09. The zero-order chi connectivity index (χ0) is 15.9. The minimum absolute atomic E-state index is 0.105. The first-order valence-corrected chi connectivity index (χ1v) is 8.54. The van der Waals surface area contributed by atoms with E-state index in [1.54, 1.807) is 12.1 Å². The van der Waals surface area contributed by atoms with Crippen molar-refractivity contribution in [3.63, 3.8) is 0 Å². The van der Waals surface area contributed by atoms with Crippen LogP contribution in [0.4, 0.5) is 5.69 Å². The maximum absolute atomic E-state index is 10.8. The van der Waals surface area contributed by atoms with Crippen molar-refractivity contribution in [2.75, 3.05) is 11.9 Å². The van der Waals surface area contributed by atoms with Gasteiger partial charge in [-0.15, -0.1) is 0 Å². The minimum atomic E-state index is -0.381. The van der Waals surface area contributed by atoms with E-state index < -0.39 is 0 Å². The molecule has 1 aromatic rings. The van der Waals surface area contributed by atoms with Crippen molar-refractivity contribution >= 4 is 21.6 Å². The summed E-state index contributed by atoms with van der Waals surface area (Å²) < 4.78 is 5.98. The molecule has 1 rings (SSSR count). The van der Waals surface area contributed by atoms with Crippen molar-refractivity contribution in [2.45, 2.75) is 46.5 Å². The van der Waals surface area contributed by atoms with E-state index in [9.17, 15) is 10.1 Å². The Labute approximate surface area is 135 Å². The summed E-state index contributed by atoms with van der Waals surface area (Å²) in [5, 5.41) is 11.7. The monoisotopic (exact) mass is 357 g/mol. The fraction of sp³-hybridized carbons (Fsp3) is 0.625. The van der Waals surface area contributed by atoms with E-state index in [4.69, 9.17) is 4.74 Å². The van der Waals surface area contributed by atoms with Crippen LogP contribution in [0.3, 0.4) is 0 Å². The number of alkyl halides is 1. The number of ether oxygens (including phenoxy) is 1. The second-order valence-corrected chi connectivity index (χ2v) is 6.19. The number of hydrogen-bond acceptors (Lipinski definition) is 3. The van der Waals surface area contributed by atoms with Gasteiger partial charge in [-0.3, -0.25) is 10.1 Å². The van der Waals surface area contributed by atoms with Gasteiger partial charge in [0.15, 0.2) is 0 Å². The van der Waals surface area contributed by atoms with Crippen LogP contribution in [-0.4, -0.2) is 16.9 Å². The number of nitro benzene ring substituents is 1. The van der Waals surface area contributed by atoms with Crippen molar-refractivity contribution in [3.8, 4) is 5.75 Å². The molecule has 0 saturated carbocycles. The molecule has 0 unspecified atom stereocenters. The SMILES string of the molecule is CCCC(CBr)(CCC)COc1ccc([N+](=O)[O-])cc1C. The van der Waals surface area contributed by atoms with Crippen LogP contribution in [0.5, 0.6) is 5.75 Å². The lowest BCUT2D eigenvalue weighted by Gasteiger charge is -2.31. The molecular formula is C16H24BrNO3. The Morgan fingerprint density at radius 2 is 1.90 bits per heavy atom. The van der Waals surface area contributed by atoms with Gasteiger partial charge in [0.2, 0.25) is 0 Å². The van der Waals surface area contributed by atoms with E-state index in [0.29, 0.717) is 6.61 Å². The largest absolute Gasteiger partial charge is 0.493 e. The number of rotatable bonds is 9. The quantitative estimate of drug-likeness (QED) is 0.344. The summed E-state index contributed by atoms with van der Waals surface area (Å²) in [6, 6.07) is 4.76. The highest BCUT2D eigenvalue weighted by Gasteiger charge is 2.28. The first-order chi connectivity index (χ1) is 9.98. The van der Waals surface area contributed by atoms with Crippen molar-refractivity contribution in [3.05, 3.63) is 33.9 Å². The van der Waals surface area contributed by atoms with Crippen LogP contribution in [-0.2, 0) is 0 Å². The van der Waals surface area contributed by atoms with Crippen LogP contribution in [0.2, 0.25) is 0 Å². The molecule has 0 N–H and O–H groups in total. The van der Waals surface area contributed by atoms with Crippen LogP contribution in [0.25, 0.3) is 0 Å². The molecular weight excluding hydrogens is 334 g/mol. The average Bonchev–Trinajstić information content (AvgIpc) is 2.46. The normalized spacial score (nSPS) is 11.4. The summed E-state index contributed by atoms with van der Waals surface area (Å²) in [7, 11) is 0. The first-order valence-electron chi connectivity index (χ1n) is 7.42. The standard InChI is InChI=1S/C16H24BrNO3/c1-4-8-16(11-17,9-5-2)12-21-15-7-6-14(18(19)20)10-13(15)3/h6-7,10H,4-5,8-9,11-12H2,1-3H3. The lowest BCUT2D eigenvalue weighted by atomic mass is 9.82. The molecule has 0 amide bonds. The first kappa shape index (κ1) is 18.0. The van der Waals surface area contributed by atoms with Gasteiger partial charge in [0.05, 0.1) is 11.5 Å². The second-order valence-electron chi connectivity index (χ2n) is 5.63. The summed E-state index contributed by atoms with van der Waals surface area (Å²) in [5.41, 5.74) is 1.05. The van der Waals surface area contributed by atoms with Gasteiger partial charge >= 0.3 is 0 Å². The third-order valence-electron chi connectivity index (χ3n) is 3.75. The van der Waals surface area contributed by atoms with Crippen LogP contribution >= 0.6 is 15.9 Å². The van der Waals surface area contributed by atoms with Crippen LogP contribution < -0.4 is 4.74 Å². The Hall–Kier alpha value is -1.10. The van der Waals surface area contributed by atoms with Gasteiger partial charge in [-0.05, 0) is 31.4 Å². The fourth-order valence-electron chi connectivity index (χ4n) is 2.64. The van der Waals surface area contributed by atoms with Gasteiger partial charge in [0, 0.05) is 22.9 Å². The minimum Gasteiger partial charge on any atom is -0.493 e. The van der Waals surface area contributed by atoms with Gasteiger partial charge in [-0.25, -0.2) is 0 Å². The molecule has 0 aliphatic rings. The van der Waals surface area contributed by atoms with Gasteiger partial charge in [0.25, 0.3) is 5.69 Å². The maximum Gasteiger partial charge on any atom is 0.269 e. The molecule has 4 nitrogen and oxygen atoms in total. The Balaban J connectivity index is 2.82. The topological polar surface area (TPSA) is 52.4 Å². The van der Waals surface area contributed by atoms with E-state index in [0.717, 1.165) is 42.3 Å². The van der Waals surface area contributed by atoms with Gasteiger partial charge < -0.3 is 4.74 Å². The molecule has 0 saturated heterocycles. The summed E-state index contributed by atoms with van der Waals surface area (Å²) in [4.78, 5) is 10.4. The zero-order valence-corrected chi connectivity index (χ0v) is 14.6. The molecule has 0 atom stereocenters. The van der Waals surface area contributed by atoms with Crippen molar-refractivity contribution in [1.29, 1.82) is 0 Å². The lowest BCUT2D eigenvalue weighted by Crippen LogP contribution is -2.30. The predicted molar refractivity (Wildman–Crippen MR) is 89.4 cm³/mol. The van der Waals surface area contributed by atoms with Crippen LogP contribution in [0.1, 0.15) is 45.1 Å². The summed E-state index contributed by atoms with van der Waals surface area (Å²) >= 11 is 3.63. The molecule has 0 aromatic heterocycles. The number of benzene rings is 1. The van der Waals surface area contributed by atoms with E-state index in [-0.39, 0.29) is 16.0 Å². The summed E-state index contributed by atoms with van der Waals surface area (Å²) in [6.07, 6.45) is 4.46. The molecule has 5 heteroatoms. The third kappa shape index (κ3) is 4.99. The number of halogens is 1. The Kier molecular flexibility index (Phi) is 7.15. The highest BCUT2D eigenvalue weighted by atomic mass is 79.9. The summed E-state index contributed by atoms with van der Waals surface area (Å²) in [6.45, 7) is 6.85. The lowest BCUT2D eigenvalue weighted by molar-refractivity contribution is -0.384. The molecule has 0 aliphatic carbocycles. The van der Waals surface area contributed by atoms with Crippen molar-refractivity contribution < 1.29 is 9.66 Å². The van der Waals surface area contributed by atoms with E-state index in [1.165, 1.54) is 6.07 Å². The average molecular weight is 358 g/mol. The molecule has 0 heterocycles. The number of nitrogens with zero attached hydrogens (tertiary/aromatic N) is 1. The molecule has 118 valence electrons. The molecule has 0 spiro atoms. The van der Waals surface area contributed by atoms with E-state index in [1.807, 2.05) is 6.92 Å². The Morgan fingerprint density at radius 1 is 1.29 bits per heavy atom. The fourth-order valence-corrected chi connectivity index (χ4v) is 3.36. The van der Waals surface area contributed by atoms with Crippen molar-refractivity contribution in [2.24, 2.45) is 5.41 Å². The van der Waals surface area contributed by atoms with Gasteiger partial charge in [-0.2, -0.15) is 0 Å². The predicted octanol–water partition coefficient (Wildman–Crippen LogP) is 5.26. The van der Waals surface area contributed by atoms with Crippen LogP contribution in [0.15, 0.2) is 18.2 Å². The van der Waals surface area contributed by atoms with Crippen LogP contribution in [0, 0.1) is 22.5 Å². The van der Waals surface area contributed by atoms with E-state index >= 15 is 0 Å². The Morgan fingerprint density at radius 3 is 2.33 bits per heavy atom. The highest BCUT2D eigenvalue weighted by Crippen LogP contribution is 2.34. The molecule has 1 aromatic carbocycles. The Bertz CT molecular complexity index is 471. The number of non-ortho nitro benzene ring substituents is 1.